The second kappa shape index (κ2) is 1.85. The first kappa shape index (κ1) is 4.47. The first-order chi connectivity index (χ1) is 2.89. The van der Waals surface area contributed by atoms with Crippen LogP contribution in [0.2, 0.25) is 0 Å². The number of hydrogen-bond acceptors (Lipinski definition) is 2. The molecule has 1 saturated heterocycles. The summed E-state index contributed by atoms with van der Waals surface area (Å²) in [6, 6.07) is 0. The molecule has 6 heavy (non-hydrogen) atoms. The Morgan fingerprint density at radius 1 is 1.83 bits per heavy atom. The molecule has 1 aliphatic rings. The van der Waals surface area contributed by atoms with Crippen LogP contribution >= 0.6 is 11.8 Å². The molecular formula is C4H8NS. The summed E-state index contributed by atoms with van der Waals surface area (Å²) < 4.78 is 0. The largest absolute Gasteiger partial charge is 0.305 e. The molecule has 0 aromatic heterocycles. The molecule has 1 unspecified atom stereocenters. The van der Waals surface area contributed by atoms with Gasteiger partial charge in [0, 0.05) is 12.3 Å². The van der Waals surface area contributed by atoms with Gasteiger partial charge in [-0.15, -0.1) is 11.8 Å². The molecule has 0 saturated carbocycles. The molecule has 0 aromatic carbocycles. The predicted octanol–water partition coefficient (Wildman–Crippen LogP) is 0.483. The maximum atomic E-state index is 3.79. The van der Waals surface area contributed by atoms with Crippen molar-refractivity contribution in [2.24, 2.45) is 0 Å². The molecule has 0 aliphatic carbocycles. The lowest BCUT2D eigenvalue weighted by molar-refractivity contribution is 0.803. The summed E-state index contributed by atoms with van der Waals surface area (Å²) in [5, 5.41) is 3.63. The molecule has 1 rings (SSSR count). The van der Waals surface area contributed by atoms with E-state index in [0.717, 1.165) is 6.54 Å². The molecule has 2 heteroatoms. The monoisotopic (exact) mass is 102 g/mol. The minimum atomic E-state index is 0.463. The quantitative estimate of drug-likeness (QED) is 0.477. The first-order valence-corrected chi connectivity index (χ1v) is 3.12. The summed E-state index contributed by atoms with van der Waals surface area (Å²) >= 11 is 1.87. The van der Waals surface area contributed by atoms with E-state index in [4.69, 9.17) is 0 Å². The van der Waals surface area contributed by atoms with Crippen LogP contribution in [-0.4, -0.2) is 17.7 Å². The van der Waals surface area contributed by atoms with Crippen LogP contribution in [0.3, 0.4) is 0 Å². The third-order valence-corrected chi connectivity index (χ3v) is 1.80. The van der Waals surface area contributed by atoms with Gasteiger partial charge in [-0.1, -0.05) is 0 Å². The highest BCUT2D eigenvalue weighted by Crippen LogP contribution is 2.10. The van der Waals surface area contributed by atoms with Gasteiger partial charge < -0.3 is 5.32 Å². The summed E-state index contributed by atoms with van der Waals surface area (Å²) in [5.74, 6) is 1.23. The van der Waals surface area contributed by atoms with Crippen molar-refractivity contribution in [3.8, 4) is 0 Å². The fourth-order valence-corrected chi connectivity index (χ4v) is 1.24. The molecule has 1 N–H and O–H groups in total. The predicted molar refractivity (Wildman–Crippen MR) is 29.6 cm³/mol. The van der Waals surface area contributed by atoms with Gasteiger partial charge in [-0.3, -0.25) is 0 Å². The number of rotatable bonds is 0. The Balaban J connectivity index is 2.18. The summed E-state index contributed by atoms with van der Waals surface area (Å²) in [4.78, 5) is 0. The minimum absolute atomic E-state index is 0.463. The van der Waals surface area contributed by atoms with Crippen molar-refractivity contribution in [2.75, 3.05) is 12.3 Å². The van der Waals surface area contributed by atoms with Crippen LogP contribution < -0.4 is 5.32 Å². The lowest BCUT2D eigenvalue weighted by Gasteiger charge is -1.94. The molecule has 1 heterocycles. The average molecular weight is 102 g/mol. The summed E-state index contributed by atoms with van der Waals surface area (Å²) in [5.41, 5.74) is 0. The van der Waals surface area contributed by atoms with Crippen molar-refractivity contribution in [3.63, 3.8) is 0 Å². The number of nitrogens with one attached hydrogen (secondary N) is 1. The van der Waals surface area contributed by atoms with Crippen LogP contribution in [0.1, 0.15) is 0 Å². The highest BCUT2D eigenvalue weighted by molar-refractivity contribution is 8.00. The van der Waals surface area contributed by atoms with Gasteiger partial charge in [0.25, 0.3) is 0 Å². The Labute approximate surface area is 42.5 Å². The van der Waals surface area contributed by atoms with Gasteiger partial charge in [0.05, 0.1) is 5.37 Å². The molecule has 35 valence electrons. The molecular weight excluding hydrogens is 94.1 g/mol. The maximum Gasteiger partial charge on any atom is 0.0533 e. The Hall–Kier alpha value is 0.310. The van der Waals surface area contributed by atoms with Crippen LogP contribution in [-0.2, 0) is 0 Å². The van der Waals surface area contributed by atoms with Gasteiger partial charge in [-0.05, 0) is 6.92 Å². The van der Waals surface area contributed by atoms with Crippen LogP contribution in [0.5, 0.6) is 0 Å². The van der Waals surface area contributed by atoms with Crippen molar-refractivity contribution < 1.29 is 0 Å². The van der Waals surface area contributed by atoms with E-state index in [2.05, 4.69) is 12.2 Å². The van der Waals surface area contributed by atoms with E-state index >= 15 is 0 Å². The van der Waals surface area contributed by atoms with E-state index in [-0.39, 0.29) is 0 Å². The van der Waals surface area contributed by atoms with Crippen molar-refractivity contribution >= 4 is 11.8 Å². The molecule has 0 spiro atoms. The third kappa shape index (κ3) is 0.884. The maximum absolute atomic E-state index is 3.79. The summed E-state index contributed by atoms with van der Waals surface area (Å²) in [6.45, 7) is 4.93. The first-order valence-electron chi connectivity index (χ1n) is 2.07. The van der Waals surface area contributed by atoms with E-state index in [1.165, 1.54) is 5.75 Å². The van der Waals surface area contributed by atoms with E-state index in [1.54, 1.807) is 0 Å². The fraction of sp³-hybridized carbons (Fsp3) is 0.750. The summed E-state index contributed by atoms with van der Waals surface area (Å²) in [7, 11) is 0. The third-order valence-electron chi connectivity index (χ3n) is 0.793. The molecule has 0 aromatic rings. The zero-order chi connectivity index (χ0) is 4.41. The number of hydrogen-bond donors (Lipinski definition) is 1. The summed E-state index contributed by atoms with van der Waals surface area (Å²) in [6.07, 6.45) is 0. The molecule has 0 bridgehead atoms. The van der Waals surface area contributed by atoms with Crippen LogP contribution in [0.4, 0.5) is 0 Å². The Morgan fingerprint density at radius 2 is 2.67 bits per heavy atom. The average Bonchev–Trinajstić information content (AvgIpc) is 1.86. The van der Waals surface area contributed by atoms with Crippen molar-refractivity contribution in [1.82, 2.24) is 5.32 Å². The van der Waals surface area contributed by atoms with Crippen LogP contribution in [0.15, 0.2) is 0 Å². The van der Waals surface area contributed by atoms with E-state index in [9.17, 15) is 0 Å². The lowest BCUT2D eigenvalue weighted by atomic mass is 10.7. The van der Waals surface area contributed by atoms with Gasteiger partial charge in [0.15, 0.2) is 0 Å². The molecule has 1 nitrogen and oxygen atoms in total. The van der Waals surface area contributed by atoms with Crippen LogP contribution in [0, 0.1) is 6.92 Å². The standard InChI is InChI=1S/C4H8NS/c1-4-5-2-3-6-4/h4-5H,1-3H2. The van der Waals surface area contributed by atoms with Gasteiger partial charge in [-0.2, -0.15) is 0 Å². The molecule has 1 radical (unpaired) electrons. The second-order valence-electron chi connectivity index (χ2n) is 1.31. The Kier molecular flexibility index (Phi) is 1.37. The minimum Gasteiger partial charge on any atom is -0.305 e. The zero-order valence-corrected chi connectivity index (χ0v) is 4.42. The number of thioether (sulfide) groups is 1. The fourth-order valence-electron chi connectivity index (χ4n) is 0.480. The molecule has 1 atom stereocenters. The lowest BCUT2D eigenvalue weighted by Crippen LogP contribution is -2.15. The van der Waals surface area contributed by atoms with Crippen molar-refractivity contribution in [2.45, 2.75) is 5.37 Å². The van der Waals surface area contributed by atoms with Gasteiger partial charge in [0.1, 0.15) is 0 Å². The van der Waals surface area contributed by atoms with Gasteiger partial charge in [0.2, 0.25) is 0 Å². The van der Waals surface area contributed by atoms with Crippen molar-refractivity contribution in [3.05, 3.63) is 6.92 Å². The smallest absolute Gasteiger partial charge is 0.0533 e. The Morgan fingerprint density at radius 3 is 2.83 bits per heavy atom. The van der Waals surface area contributed by atoms with Crippen molar-refractivity contribution in [1.29, 1.82) is 0 Å². The molecule has 1 fully saturated rings. The Bertz CT molecular complexity index is 40.8. The van der Waals surface area contributed by atoms with E-state index < -0.39 is 0 Å². The second-order valence-corrected chi connectivity index (χ2v) is 2.62. The van der Waals surface area contributed by atoms with Gasteiger partial charge in [-0.25, -0.2) is 0 Å². The molecule has 1 aliphatic heterocycles. The highest BCUT2D eigenvalue weighted by atomic mass is 32.2. The zero-order valence-electron chi connectivity index (χ0n) is 3.61. The van der Waals surface area contributed by atoms with E-state index in [1.807, 2.05) is 11.8 Å². The normalized spacial score (nSPS) is 34.5. The SMILES string of the molecule is [CH2]C1NCCS1. The topological polar surface area (TPSA) is 12.0 Å². The van der Waals surface area contributed by atoms with Gasteiger partial charge >= 0.3 is 0 Å². The van der Waals surface area contributed by atoms with E-state index in [0.29, 0.717) is 5.37 Å². The highest BCUT2D eigenvalue weighted by Gasteiger charge is 2.06. The molecule has 0 amide bonds. The van der Waals surface area contributed by atoms with Crippen LogP contribution in [0.25, 0.3) is 0 Å².